The number of nitrogens with zero attached hydrogens (tertiary/aromatic N) is 3. The van der Waals surface area contributed by atoms with Crippen LogP contribution in [0.15, 0.2) is 6.33 Å². The van der Waals surface area contributed by atoms with Crippen LogP contribution in [0.4, 0.5) is 0 Å². The molecule has 0 spiro atoms. The van der Waals surface area contributed by atoms with Gasteiger partial charge in [-0.25, -0.2) is 0 Å². The maximum Gasteiger partial charge on any atom is 0.149 e. The third kappa shape index (κ3) is 1.64. The van der Waals surface area contributed by atoms with Gasteiger partial charge in [0, 0.05) is 6.54 Å². The Kier molecular flexibility index (Phi) is 3.78. The normalized spacial score (nSPS) is 19.9. The second kappa shape index (κ2) is 3.90. The summed E-state index contributed by atoms with van der Waals surface area (Å²) in [4.78, 5) is 0. The largest absolute Gasteiger partial charge is 0.321 e. The highest BCUT2D eigenvalue weighted by Crippen LogP contribution is 2.18. The summed E-state index contributed by atoms with van der Waals surface area (Å²) in [6.07, 6.45) is 2.73. The molecule has 1 aromatic heterocycles. The monoisotopic (exact) mass is 196 g/mol. The Labute approximate surface area is 77.0 Å². The molecule has 0 radical (unpaired) electrons. The van der Waals surface area contributed by atoms with Crippen molar-refractivity contribution in [2.24, 2.45) is 5.73 Å². The number of hydrogen-bond acceptors (Lipinski definition) is 3. The van der Waals surface area contributed by atoms with Crippen molar-refractivity contribution in [1.29, 1.82) is 0 Å². The van der Waals surface area contributed by atoms with E-state index in [4.69, 9.17) is 5.73 Å². The fourth-order valence-electron chi connectivity index (χ4n) is 1.13. The van der Waals surface area contributed by atoms with E-state index in [1.807, 2.05) is 4.57 Å². The summed E-state index contributed by atoms with van der Waals surface area (Å²) in [5.41, 5.74) is 5.67. The van der Waals surface area contributed by atoms with Gasteiger partial charge in [0.2, 0.25) is 0 Å². The molecule has 1 atom stereocenters. The lowest BCUT2D eigenvalue weighted by atomic mass is 10.3. The van der Waals surface area contributed by atoms with Gasteiger partial charge in [0.1, 0.15) is 12.2 Å². The van der Waals surface area contributed by atoms with Crippen LogP contribution in [0.3, 0.4) is 0 Å². The molecule has 2 rings (SSSR count). The summed E-state index contributed by atoms with van der Waals surface area (Å²) < 4.78 is 1.99. The van der Waals surface area contributed by atoms with Crippen LogP contribution in [-0.2, 0) is 6.54 Å². The molecular formula is C5H10Cl2N4. The second-order valence-corrected chi connectivity index (χ2v) is 2.28. The van der Waals surface area contributed by atoms with Crippen molar-refractivity contribution in [1.82, 2.24) is 14.8 Å². The van der Waals surface area contributed by atoms with Crippen LogP contribution < -0.4 is 5.73 Å². The highest BCUT2D eigenvalue weighted by atomic mass is 35.5. The molecule has 1 aliphatic heterocycles. The Balaban J connectivity index is 0.000000500. The molecule has 0 aliphatic carbocycles. The minimum atomic E-state index is 0. The zero-order chi connectivity index (χ0) is 6.27. The van der Waals surface area contributed by atoms with Gasteiger partial charge < -0.3 is 10.3 Å². The van der Waals surface area contributed by atoms with Crippen molar-refractivity contribution in [2.75, 3.05) is 0 Å². The Morgan fingerprint density at radius 2 is 2.27 bits per heavy atom. The lowest BCUT2D eigenvalue weighted by molar-refractivity contribution is 0.667. The number of aromatic nitrogens is 3. The molecule has 6 heteroatoms. The first-order chi connectivity index (χ1) is 4.38. The first kappa shape index (κ1) is 10.7. The molecule has 4 nitrogen and oxygen atoms in total. The van der Waals surface area contributed by atoms with E-state index >= 15 is 0 Å². The molecule has 0 saturated carbocycles. The number of halogens is 2. The number of aryl methyl sites for hydroxylation is 1. The average molecular weight is 197 g/mol. The highest BCUT2D eigenvalue weighted by Gasteiger charge is 2.19. The molecule has 1 unspecified atom stereocenters. The van der Waals surface area contributed by atoms with Gasteiger partial charge in [-0.15, -0.1) is 35.0 Å². The molecule has 1 aliphatic rings. The smallest absolute Gasteiger partial charge is 0.149 e. The summed E-state index contributed by atoms with van der Waals surface area (Å²) in [7, 11) is 0. The van der Waals surface area contributed by atoms with E-state index in [2.05, 4.69) is 10.2 Å². The molecule has 2 heterocycles. The summed E-state index contributed by atoms with van der Waals surface area (Å²) in [6.45, 7) is 0.976. The number of rotatable bonds is 0. The van der Waals surface area contributed by atoms with E-state index in [9.17, 15) is 0 Å². The molecule has 0 amide bonds. The molecule has 0 bridgehead atoms. The zero-order valence-electron chi connectivity index (χ0n) is 5.80. The van der Waals surface area contributed by atoms with E-state index in [1.54, 1.807) is 6.33 Å². The van der Waals surface area contributed by atoms with Crippen molar-refractivity contribution < 1.29 is 0 Å². The van der Waals surface area contributed by atoms with Gasteiger partial charge in [0.25, 0.3) is 0 Å². The fraction of sp³-hybridized carbons (Fsp3) is 0.600. The SMILES string of the molecule is Cl.Cl.NC1CCn2cnnc21. The number of hydrogen-bond donors (Lipinski definition) is 1. The lowest BCUT2D eigenvalue weighted by Gasteiger charge is -1.93. The van der Waals surface area contributed by atoms with Crippen molar-refractivity contribution >= 4 is 24.8 Å². The third-order valence-corrected chi connectivity index (χ3v) is 1.66. The maximum atomic E-state index is 5.67. The molecule has 0 aromatic carbocycles. The quantitative estimate of drug-likeness (QED) is 0.659. The van der Waals surface area contributed by atoms with Gasteiger partial charge in [-0.3, -0.25) is 0 Å². The summed E-state index contributed by atoms with van der Waals surface area (Å²) in [5.74, 6) is 0.926. The minimum absolute atomic E-state index is 0. The summed E-state index contributed by atoms with van der Waals surface area (Å²) in [6, 6.07) is 0.118. The minimum Gasteiger partial charge on any atom is -0.321 e. The number of fused-ring (bicyclic) bond motifs is 1. The Morgan fingerprint density at radius 3 is 2.91 bits per heavy atom. The fourth-order valence-corrected chi connectivity index (χ4v) is 1.13. The molecule has 0 saturated heterocycles. The second-order valence-electron chi connectivity index (χ2n) is 2.28. The highest BCUT2D eigenvalue weighted by molar-refractivity contribution is 5.85. The van der Waals surface area contributed by atoms with Crippen LogP contribution >= 0.6 is 24.8 Å². The molecular weight excluding hydrogens is 187 g/mol. The van der Waals surface area contributed by atoms with Crippen LogP contribution in [0.2, 0.25) is 0 Å². The van der Waals surface area contributed by atoms with Crippen molar-refractivity contribution in [3.05, 3.63) is 12.2 Å². The molecule has 1 aromatic rings. The van der Waals surface area contributed by atoms with E-state index in [0.717, 1.165) is 18.8 Å². The van der Waals surface area contributed by atoms with Gasteiger partial charge >= 0.3 is 0 Å². The van der Waals surface area contributed by atoms with Gasteiger partial charge in [0.15, 0.2) is 0 Å². The van der Waals surface area contributed by atoms with Crippen LogP contribution in [0, 0.1) is 0 Å². The van der Waals surface area contributed by atoms with E-state index in [0.29, 0.717) is 0 Å². The predicted octanol–water partition coefficient (Wildman–Crippen LogP) is 0.525. The van der Waals surface area contributed by atoms with E-state index in [-0.39, 0.29) is 30.9 Å². The molecule has 2 N–H and O–H groups in total. The lowest BCUT2D eigenvalue weighted by Crippen LogP contribution is -2.06. The Bertz CT molecular complexity index is 224. The van der Waals surface area contributed by atoms with Crippen LogP contribution in [0.1, 0.15) is 18.3 Å². The van der Waals surface area contributed by atoms with Crippen LogP contribution in [-0.4, -0.2) is 14.8 Å². The van der Waals surface area contributed by atoms with Crippen LogP contribution in [0.25, 0.3) is 0 Å². The van der Waals surface area contributed by atoms with Gasteiger partial charge in [0.05, 0.1) is 6.04 Å². The van der Waals surface area contributed by atoms with Gasteiger partial charge in [-0.2, -0.15) is 0 Å². The molecule has 0 fully saturated rings. The zero-order valence-corrected chi connectivity index (χ0v) is 7.44. The van der Waals surface area contributed by atoms with E-state index < -0.39 is 0 Å². The van der Waals surface area contributed by atoms with E-state index in [1.165, 1.54) is 0 Å². The first-order valence-electron chi connectivity index (χ1n) is 3.01. The van der Waals surface area contributed by atoms with Crippen molar-refractivity contribution in [3.8, 4) is 0 Å². The van der Waals surface area contributed by atoms with Gasteiger partial charge in [-0.05, 0) is 6.42 Å². The Hall–Kier alpha value is -0.320. The molecule has 11 heavy (non-hydrogen) atoms. The maximum absolute atomic E-state index is 5.67. The summed E-state index contributed by atoms with van der Waals surface area (Å²) >= 11 is 0. The average Bonchev–Trinajstić information content (AvgIpc) is 2.35. The van der Waals surface area contributed by atoms with Crippen LogP contribution in [0.5, 0.6) is 0 Å². The Morgan fingerprint density at radius 1 is 1.55 bits per heavy atom. The van der Waals surface area contributed by atoms with Crippen molar-refractivity contribution in [2.45, 2.75) is 19.0 Å². The van der Waals surface area contributed by atoms with Crippen molar-refractivity contribution in [3.63, 3.8) is 0 Å². The van der Waals surface area contributed by atoms with Gasteiger partial charge in [-0.1, -0.05) is 0 Å². The topological polar surface area (TPSA) is 56.7 Å². The first-order valence-corrected chi connectivity index (χ1v) is 3.01. The summed E-state index contributed by atoms with van der Waals surface area (Å²) in [5, 5.41) is 7.59. The standard InChI is InChI=1S/C5H8N4.2ClH/c6-4-1-2-9-3-7-8-5(4)9;;/h3-4H,1-2,6H2;2*1H. The number of nitrogens with two attached hydrogens (primary N) is 1. The predicted molar refractivity (Wildman–Crippen MR) is 46.1 cm³/mol. The third-order valence-electron chi connectivity index (χ3n) is 1.66. The molecule has 64 valence electrons.